The number of amides is 2. The molecule has 2 aliphatic rings. The van der Waals surface area contributed by atoms with Crippen LogP contribution in [0.1, 0.15) is 18.2 Å². The molecular formula is C19H22ClN5O2S. The number of hydrogen-bond donors (Lipinski definition) is 1. The molecule has 1 aromatic carbocycles. The Morgan fingerprint density at radius 1 is 1.14 bits per heavy atom. The Kier molecular flexibility index (Phi) is 5.61. The summed E-state index contributed by atoms with van der Waals surface area (Å²) in [4.78, 5) is 29.3. The summed E-state index contributed by atoms with van der Waals surface area (Å²) in [6.45, 7) is 5.79. The fourth-order valence-corrected chi connectivity index (χ4v) is 4.64. The van der Waals surface area contributed by atoms with E-state index in [4.69, 9.17) is 11.6 Å². The number of aromatic nitrogens is 2. The molecule has 0 spiro atoms. The van der Waals surface area contributed by atoms with E-state index < -0.39 is 11.8 Å². The van der Waals surface area contributed by atoms with Crippen LogP contribution in [0.5, 0.6) is 0 Å². The second-order valence-corrected chi connectivity index (χ2v) is 8.26. The van der Waals surface area contributed by atoms with E-state index in [1.165, 1.54) is 0 Å². The monoisotopic (exact) mass is 419 g/mol. The molecule has 0 saturated carbocycles. The van der Waals surface area contributed by atoms with E-state index in [1.807, 2.05) is 12.1 Å². The zero-order chi connectivity index (χ0) is 19.7. The molecular weight excluding hydrogens is 398 g/mol. The molecule has 0 radical (unpaired) electrons. The van der Waals surface area contributed by atoms with Crippen LogP contribution in [0.15, 0.2) is 24.3 Å². The van der Waals surface area contributed by atoms with E-state index in [2.05, 4.69) is 22.2 Å². The molecule has 7 nitrogen and oxygen atoms in total. The average Bonchev–Trinajstić information content (AvgIpc) is 3.31. The number of benzene rings is 1. The number of likely N-dealkylation sites (N-methyl/N-ethyl adjacent to an activating group) is 1. The number of halogens is 1. The van der Waals surface area contributed by atoms with E-state index in [-0.39, 0.29) is 0 Å². The highest BCUT2D eigenvalue weighted by Gasteiger charge is 2.29. The largest absolute Gasteiger partial charge is 0.332 e. The fraction of sp³-hybridized carbons (Fsp3) is 0.421. The zero-order valence-corrected chi connectivity index (χ0v) is 17.2. The molecule has 1 N–H and O–H groups in total. The minimum atomic E-state index is -0.611. The third-order valence-electron chi connectivity index (χ3n) is 5.16. The summed E-state index contributed by atoms with van der Waals surface area (Å²) in [6, 6.07) is 7.25. The summed E-state index contributed by atoms with van der Waals surface area (Å²) in [5, 5.41) is 8.11. The molecule has 2 aliphatic heterocycles. The predicted octanol–water partition coefficient (Wildman–Crippen LogP) is 2.38. The summed E-state index contributed by atoms with van der Waals surface area (Å²) < 4.78 is 1.70. The third-order valence-corrected chi connectivity index (χ3v) is 6.38. The minimum absolute atomic E-state index is 0.487. The first-order valence-corrected chi connectivity index (χ1v) is 10.9. The second kappa shape index (κ2) is 8.14. The number of piperazine rings is 1. The average molecular weight is 420 g/mol. The van der Waals surface area contributed by atoms with Crippen molar-refractivity contribution >= 4 is 41.0 Å². The Balaban J connectivity index is 1.55. The first kappa shape index (κ1) is 19.3. The van der Waals surface area contributed by atoms with Crippen LogP contribution in [-0.4, -0.2) is 64.1 Å². The van der Waals surface area contributed by atoms with Gasteiger partial charge in [-0.15, -0.1) is 0 Å². The Bertz CT molecular complexity index is 890. The Labute approximate surface area is 173 Å². The molecule has 1 aromatic heterocycles. The molecule has 1 fully saturated rings. The van der Waals surface area contributed by atoms with Crippen LogP contribution >= 0.6 is 23.4 Å². The summed E-state index contributed by atoms with van der Waals surface area (Å²) in [7, 11) is 0. The van der Waals surface area contributed by atoms with Gasteiger partial charge in [0.15, 0.2) is 0 Å². The maximum Gasteiger partial charge on any atom is 0.315 e. The zero-order valence-electron chi connectivity index (χ0n) is 15.7. The Morgan fingerprint density at radius 2 is 1.86 bits per heavy atom. The number of rotatable bonds is 3. The number of nitrogens with one attached hydrogen (secondary N) is 1. The van der Waals surface area contributed by atoms with Crippen LogP contribution in [0.2, 0.25) is 5.02 Å². The summed E-state index contributed by atoms with van der Waals surface area (Å²) in [5.41, 5.74) is 2.72. The predicted molar refractivity (Wildman–Crippen MR) is 111 cm³/mol. The molecule has 9 heteroatoms. The number of fused-ring (bicyclic) bond motifs is 1. The maximum absolute atomic E-state index is 12.7. The van der Waals surface area contributed by atoms with Crippen molar-refractivity contribution in [1.29, 1.82) is 0 Å². The van der Waals surface area contributed by atoms with Gasteiger partial charge in [0.25, 0.3) is 0 Å². The van der Waals surface area contributed by atoms with E-state index in [9.17, 15) is 9.59 Å². The fourth-order valence-electron chi connectivity index (χ4n) is 3.48. The van der Waals surface area contributed by atoms with Gasteiger partial charge in [0.1, 0.15) is 5.82 Å². The lowest BCUT2D eigenvalue weighted by Crippen LogP contribution is -2.51. The van der Waals surface area contributed by atoms with Gasteiger partial charge < -0.3 is 15.1 Å². The molecule has 148 valence electrons. The van der Waals surface area contributed by atoms with Crippen molar-refractivity contribution in [2.45, 2.75) is 18.4 Å². The Hall–Kier alpha value is -2.03. The van der Waals surface area contributed by atoms with Gasteiger partial charge in [-0.2, -0.15) is 16.9 Å². The van der Waals surface area contributed by atoms with Gasteiger partial charge in [-0.3, -0.25) is 9.59 Å². The first-order chi connectivity index (χ1) is 13.6. The summed E-state index contributed by atoms with van der Waals surface area (Å²) in [5.74, 6) is 1.04. The van der Waals surface area contributed by atoms with Crippen molar-refractivity contribution in [2.24, 2.45) is 0 Å². The lowest BCUT2D eigenvalue weighted by molar-refractivity contribution is -0.144. The third kappa shape index (κ3) is 3.76. The van der Waals surface area contributed by atoms with Gasteiger partial charge in [-0.1, -0.05) is 18.5 Å². The van der Waals surface area contributed by atoms with Crippen LogP contribution in [-0.2, 0) is 21.1 Å². The van der Waals surface area contributed by atoms with Crippen molar-refractivity contribution in [3.63, 3.8) is 0 Å². The van der Waals surface area contributed by atoms with Crippen molar-refractivity contribution in [3.8, 4) is 5.69 Å². The van der Waals surface area contributed by atoms with E-state index in [0.717, 1.165) is 48.1 Å². The Morgan fingerprint density at radius 3 is 2.54 bits per heavy atom. The second-order valence-electron chi connectivity index (χ2n) is 6.84. The lowest BCUT2D eigenvalue weighted by atomic mass is 10.2. The maximum atomic E-state index is 12.7. The van der Waals surface area contributed by atoms with Crippen LogP contribution < -0.4 is 5.32 Å². The normalized spacial score (nSPS) is 16.9. The number of carbonyl (C=O) groups excluding carboxylic acids is 2. The number of hydrogen-bond acceptors (Lipinski definition) is 5. The van der Waals surface area contributed by atoms with Crippen molar-refractivity contribution < 1.29 is 9.59 Å². The van der Waals surface area contributed by atoms with Crippen LogP contribution in [0, 0.1) is 0 Å². The molecule has 2 aromatic rings. The van der Waals surface area contributed by atoms with E-state index >= 15 is 0 Å². The van der Waals surface area contributed by atoms with E-state index in [0.29, 0.717) is 23.9 Å². The van der Waals surface area contributed by atoms with Gasteiger partial charge >= 0.3 is 11.8 Å². The van der Waals surface area contributed by atoms with Gasteiger partial charge in [-0.25, -0.2) is 4.68 Å². The quantitative estimate of drug-likeness (QED) is 0.773. The van der Waals surface area contributed by atoms with Gasteiger partial charge in [-0.05, 0) is 30.8 Å². The van der Waals surface area contributed by atoms with Crippen LogP contribution in [0.25, 0.3) is 5.69 Å². The summed E-state index contributed by atoms with van der Waals surface area (Å²) >= 11 is 7.74. The molecule has 0 unspecified atom stereocenters. The highest BCUT2D eigenvalue weighted by Crippen LogP contribution is 2.36. The number of carbonyl (C=O) groups is 2. The summed E-state index contributed by atoms with van der Waals surface area (Å²) in [6.07, 6.45) is 0. The first-order valence-electron chi connectivity index (χ1n) is 9.34. The molecule has 1 saturated heterocycles. The number of nitrogens with zero attached hydrogens (tertiary/aromatic N) is 4. The highest BCUT2D eigenvalue weighted by atomic mass is 35.5. The van der Waals surface area contributed by atoms with Gasteiger partial charge in [0.2, 0.25) is 0 Å². The van der Waals surface area contributed by atoms with Crippen molar-refractivity contribution in [1.82, 2.24) is 19.6 Å². The van der Waals surface area contributed by atoms with E-state index in [1.54, 1.807) is 33.5 Å². The molecule has 0 aliphatic carbocycles. The molecule has 4 rings (SSSR count). The van der Waals surface area contributed by atoms with Crippen LogP contribution in [0.4, 0.5) is 5.82 Å². The SMILES string of the molecule is CCN1CCN(C(=O)C(=O)Nc2c3c(nn2-c2ccc(Cl)cc2)CSC3)CC1. The van der Waals surface area contributed by atoms with Gasteiger partial charge in [0.05, 0.1) is 11.4 Å². The number of thioether (sulfide) groups is 1. The molecule has 2 amide bonds. The highest BCUT2D eigenvalue weighted by molar-refractivity contribution is 7.98. The number of anilines is 1. The molecule has 3 heterocycles. The minimum Gasteiger partial charge on any atom is -0.332 e. The molecule has 0 atom stereocenters. The lowest BCUT2D eigenvalue weighted by Gasteiger charge is -2.33. The molecule has 28 heavy (non-hydrogen) atoms. The van der Waals surface area contributed by atoms with Gasteiger partial charge in [0, 0.05) is 48.3 Å². The van der Waals surface area contributed by atoms with Crippen molar-refractivity contribution in [2.75, 3.05) is 38.0 Å². The van der Waals surface area contributed by atoms with Crippen LogP contribution in [0.3, 0.4) is 0 Å². The van der Waals surface area contributed by atoms with Crippen molar-refractivity contribution in [3.05, 3.63) is 40.5 Å². The smallest absolute Gasteiger partial charge is 0.315 e. The standard InChI is InChI=1S/C19H22ClN5O2S/c1-2-23-7-9-24(10-8-23)19(27)18(26)21-17-15-11-28-12-16(15)22-25(17)14-5-3-13(20)4-6-14/h3-6H,2,7-12H2,1H3,(H,21,26). The molecule has 0 bridgehead atoms. The topological polar surface area (TPSA) is 70.5 Å².